The Hall–Kier alpha value is -3.88. The monoisotopic (exact) mass is 474 g/mol. The third-order valence-corrected chi connectivity index (χ3v) is 6.60. The molecular weight excluding hydrogens is 448 g/mol. The van der Waals surface area contributed by atoms with E-state index < -0.39 is 24.0 Å². The van der Waals surface area contributed by atoms with Crippen molar-refractivity contribution in [3.8, 4) is 22.6 Å². The first-order valence-electron chi connectivity index (χ1n) is 11.5. The lowest BCUT2D eigenvalue weighted by molar-refractivity contribution is -0.135. The van der Waals surface area contributed by atoms with Gasteiger partial charge in [0, 0.05) is 12.8 Å². The molecule has 3 atom stereocenters. The first-order chi connectivity index (χ1) is 17.0. The molecule has 0 saturated heterocycles. The molecule has 180 valence electrons. The molecule has 0 fully saturated rings. The molecule has 3 aromatic rings. The molecule has 0 bridgehead atoms. The number of hydrogen-bond acceptors (Lipinski definition) is 6. The number of carbonyl (C=O) groups excluding carboxylic acids is 2. The van der Waals surface area contributed by atoms with E-state index in [2.05, 4.69) is 5.32 Å². The number of hydroxylamine groups is 1. The summed E-state index contributed by atoms with van der Waals surface area (Å²) in [5.74, 6) is -0.455. The number of rotatable bonds is 7. The fourth-order valence-corrected chi connectivity index (χ4v) is 4.86. The molecule has 1 heterocycles. The number of ether oxygens (including phenoxy) is 2. The van der Waals surface area contributed by atoms with Crippen LogP contribution in [0.3, 0.4) is 0 Å². The van der Waals surface area contributed by atoms with Crippen molar-refractivity contribution < 1.29 is 29.4 Å². The first kappa shape index (κ1) is 22.9. The maximum Gasteiger partial charge on any atom is 0.244 e. The molecule has 4 N–H and O–H groups in total. The minimum Gasteiger partial charge on any atom is -0.454 e. The molecular formula is C27H26N2O6. The molecule has 2 aliphatic rings. The number of carbonyl (C=O) groups is 2. The van der Waals surface area contributed by atoms with Crippen LogP contribution in [-0.2, 0) is 22.4 Å². The first-order valence-corrected chi connectivity index (χ1v) is 11.5. The Balaban J connectivity index is 1.41. The number of benzene rings is 3. The van der Waals surface area contributed by atoms with Gasteiger partial charge in [0.1, 0.15) is 0 Å². The minimum absolute atomic E-state index is 0.176. The molecule has 35 heavy (non-hydrogen) atoms. The molecule has 0 saturated carbocycles. The van der Waals surface area contributed by atoms with Crippen LogP contribution in [0.5, 0.6) is 11.5 Å². The van der Waals surface area contributed by atoms with Crippen molar-refractivity contribution in [3.05, 3.63) is 83.4 Å². The Morgan fingerprint density at radius 2 is 1.77 bits per heavy atom. The van der Waals surface area contributed by atoms with Gasteiger partial charge in [-0.2, -0.15) is 0 Å². The van der Waals surface area contributed by atoms with Gasteiger partial charge in [0.25, 0.3) is 0 Å². The van der Waals surface area contributed by atoms with Gasteiger partial charge in [-0.1, -0.05) is 54.6 Å². The Morgan fingerprint density at radius 1 is 1.00 bits per heavy atom. The number of aliphatic hydroxyl groups excluding tert-OH is 1. The fraction of sp³-hybridized carbons (Fsp3) is 0.259. The van der Waals surface area contributed by atoms with Gasteiger partial charge in [0.15, 0.2) is 11.5 Å². The zero-order chi connectivity index (χ0) is 24.4. The van der Waals surface area contributed by atoms with E-state index in [9.17, 15) is 14.7 Å². The molecule has 0 aromatic heterocycles. The predicted molar refractivity (Wildman–Crippen MR) is 127 cm³/mol. The SMILES string of the molecule is O=C(C[C@@H](Cc1ccccc1-c1ccc2c(c1)OCO2)C(=O)N[C@H]1c2ccccc2C[C@H]1O)NO. The number of nitrogens with one attached hydrogen (secondary N) is 2. The van der Waals surface area contributed by atoms with E-state index in [0.717, 1.165) is 27.8 Å². The second-order valence-corrected chi connectivity index (χ2v) is 8.82. The Labute approximate surface area is 202 Å². The van der Waals surface area contributed by atoms with E-state index in [4.69, 9.17) is 14.7 Å². The van der Waals surface area contributed by atoms with Gasteiger partial charge in [0.05, 0.1) is 18.1 Å². The second kappa shape index (κ2) is 9.77. The van der Waals surface area contributed by atoms with E-state index in [1.54, 1.807) is 5.48 Å². The zero-order valence-electron chi connectivity index (χ0n) is 18.9. The lowest BCUT2D eigenvalue weighted by Crippen LogP contribution is -2.40. The standard InChI is InChI=1S/C27H26N2O6/c30-22-12-17-6-2-4-8-21(17)26(22)28-27(32)19(14-25(31)29-33)11-16-5-1-3-7-20(16)18-9-10-23-24(13-18)35-15-34-23/h1-10,13,19,22,26,30,33H,11-12,14-15H2,(H,28,32)(H,29,31)/t19-,22-,26+/m1/s1. The third kappa shape index (κ3) is 4.71. The second-order valence-electron chi connectivity index (χ2n) is 8.82. The number of aliphatic hydroxyl groups is 1. The number of amides is 2. The Kier molecular flexibility index (Phi) is 6.39. The van der Waals surface area contributed by atoms with Crippen LogP contribution in [-0.4, -0.2) is 35.0 Å². The average Bonchev–Trinajstić information content (AvgIpc) is 3.47. The lowest BCUT2D eigenvalue weighted by Gasteiger charge is -2.23. The van der Waals surface area contributed by atoms with E-state index in [-0.39, 0.29) is 25.5 Å². The van der Waals surface area contributed by atoms with E-state index >= 15 is 0 Å². The minimum atomic E-state index is -0.766. The molecule has 3 aromatic carbocycles. The van der Waals surface area contributed by atoms with Crippen molar-refractivity contribution >= 4 is 11.8 Å². The van der Waals surface area contributed by atoms with Crippen molar-refractivity contribution in [1.82, 2.24) is 10.8 Å². The highest BCUT2D eigenvalue weighted by atomic mass is 16.7. The Bertz CT molecular complexity index is 1260. The van der Waals surface area contributed by atoms with Crippen molar-refractivity contribution in [1.29, 1.82) is 0 Å². The highest BCUT2D eigenvalue weighted by molar-refractivity contribution is 5.86. The van der Waals surface area contributed by atoms with Crippen molar-refractivity contribution in [3.63, 3.8) is 0 Å². The summed E-state index contributed by atoms with van der Waals surface area (Å²) in [4.78, 5) is 25.5. The van der Waals surface area contributed by atoms with Gasteiger partial charge < -0.3 is 19.9 Å². The van der Waals surface area contributed by atoms with Crippen LogP contribution < -0.4 is 20.3 Å². The topological polar surface area (TPSA) is 117 Å². The number of fused-ring (bicyclic) bond motifs is 2. The van der Waals surface area contributed by atoms with Gasteiger partial charge in [-0.3, -0.25) is 14.8 Å². The largest absolute Gasteiger partial charge is 0.454 e. The highest BCUT2D eigenvalue weighted by Crippen LogP contribution is 2.37. The van der Waals surface area contributed by atoms with E-state index in [1.165, 1.54) is 0 Å². The van der Waals surface area contributed by atoms with Crippen molar-refractivity contribution in [2.45, 2.75) is 31.4 Å². The normalized spacial score (nSPS) is 18.6. The van der Waals surface area contributed by atoms with Crippen LogP contribution in [0.2, 0.25) is 0 Å². The molecule has 0 unspecified atom stereocenters. The summed E-state index contributed by atoms with van der Waals surface area (Å²) >= 11 is 0. The van der Waals surface area contributed by atoms with Crippen LogP contribution in [0.15, 0.2) is 66.7 Å². The quantitative estimate of drug-likeness (QED) is 0.309. The van der Waals surface area contributed by atoms with Gasteiger partial charge >= 0.3 is 0 Å². The third-order valence-electron chi connectivity index (χ3n) is 6.60. The lowest BCUT2D eigenvalue weighted by atomic mass is 9.89. The predicted octanol–water partition coefficient (Wildman–Crippen LogP) is 2.91. The molecule has 2 amide bonds. The van der Waals surface area contributed by atoms with E-state index in [0.29, 0.717) is 17.9 Å². The van der Waals surface area contributed by atoms with Crippen molar-refractivity contribution in [2.75, 3.05) is 6.79 Å². The van der Waals surface area contributed by atoms with Crippen molar-refractivity contribution in [2.24, 2.45) is 5.92 Å². The average molecular weight is 475 g/mol. The Morgan fingerprint density at radius 3 is 2.63 bits per heavy atom. The molecule has 1 aliphatic heterocycles. The summed E-state index contributed by atoms with van der Waals surface area (Å²) in [5, 5.41) is 22.6. The fourth-order valence-electron chi connectivity index (χ4n) is 4.86. The highest BCUT2D eigenvalue weighted by Gasteiger charge is 2.34. The summed E-state index contributed by atoms with van der Waals surface area (Å²) in [6, 6.07) is 20.3. The summed E-state index contributed by atoms with van der Waals surface area (Å²) < 4.78 is 10.9. The maximum absolute atomic E-state index is 13.4. The van der Waals surface area contributed by atoms with Crippen LogP contribution in [0.1, 0.15) is 29.2 Å². The van der Waals surface area contributed by atoms with Crippen LogP contribution >= 0.6 is 0 Å². The summed E-state index contributed by atoms with van der Waals surface area (Å²) in [6.45, 7) is 0.176. The molecule has 5 rings (SSSR count). The van der Waals surface area contributed by atoms with Gasteiger partial charge in [-0.15, -0.1) is 0 Å². The van der Waals surface area contributed by atoms with Crippen LogP contribution in [0.25, 0.3) is 11.1 Å². The van der Waals surface area contributed by atoms with E-state index in [1.807, 2.05) is 66.7 Å². The smallest absolute Gasteiger partial charge is 0.244 e. The summed E-state index contributed by atoms with van der Waals surface area (Å²) in [6.07, 6.45) is -0.239. The zero-order valence-corrected chi connectivity index (χ0v) is 18.9. The summed E-state index contributed by atoms with van der Waals surface area (Å²) in [5.41, 5.74) is 6.16. The summed E-state index contributed by atoms with van der Waals surface area (Å²) in [7, 11) is 0. The van der Waals surface area contributed by atoms with Gasteiger partial charge in [-0.05, 0) is 46.4 Å². The number of hydrogen-bond donors (Lipinski definition) is 4. The maximum atomic E-state index is 13.4. The van der Waals surface area contributed by atoms with Crippen LogP contribution in [0.4, 0.5) is 0 Å². The van der Waals surface area contributed by atoms with Gasteiger partial charge in [-0.25, -0.2) is 5.48 Å². The molecule has 8 nitrogen and oxygen atoms in total. The van der Waals surface area contributed by atoms with Crippen LogP contribution in [0, 0.1) is 5.92 Å². The molecule has 0 radical (unpaired) electrons. The molecule has 8 heteroatoms. The molecule has 0 spiro atoms. The molecule has 1 aliphatic carbocycles. The van der Waals surface area contributed by atoms with Gasteiger partial charge in [0.2, 0.25) is 18.6 Å².